The Morgan fingerprint density at radius 2 is 0.844 bits per heavy atom. The third-order valence-electron chi connectivity index (χ3n) is 13.9. The quantitative estimate of drug-likeness (QED) is 0.148. The minimum atomic E-state index is -0.541. The number of rotatable bonds is 8. The van der Waals surface area contributed by atoms with Gasteiger partial charge in [-0.05, 0) is 151 Å². The molecule has 1 nitrogen and oxygen atoms in total. The molecule has 1 heteroatoms. The van der Waals surface area contributed by atoms with Crippen molar-refractivity contribution >= 4 is 27.8 Å². The van der Waals surface area contributed by atoms with Crippen molar-refractivity contribution < 1.29 is 0 Å². The molecule has 0 aliphatic heterocycles. The highest BCUT2D eigenvalue weighted by atomic mass is 15.1. The van der Waals surface area contributed by atoms with Gasteiger partial charge in [0.25, 0.3) is 0 Å². The van der Waals surface area contributed by atoms with E-state index in [0.717, 1.165) is 29.9 Å². The fourth-order valence-corrected chi connectivity index (χ4v) is 10.8. The maximum absolute atomic E-state index is 2.55. The van der Waals surface area contributed by atoms with Crippen LogP contribution < -0.4 is 4.90 Å². The lowest BCUT2D eigenvalue weighted by Gasteiger charge is -2.35. The van der Waals surface area contributed by atoms with Gasteiger partial charge in [0.2, 0.25) is 0 Å². The summed E-state index contributed by atoms with van der Waals surface area (Å²) in [5.74, 6) is 0. The maximum Gasteiger partial charge on any atom is 0.0714 e. The molecule has 0 fully saturated rings. The molecule has 2 aliphatic rings. The summed E-state index contributed by atoms with van der Waals surface area (Å²) >= 11 is 0. The second-order valence-corrected chi connectivity index (χ2v) is 17.5. The number of nitrogens with zero attached hydrogens (tertiary/aromatic N) is 1. The van der Waals surface area contributed by atoms with Gasteiger partial charge in [-0.2, -0.15) is 0 Å². The van der Waals surface area contributed by atoms with Crippen molar-refractivity contribution in [1.29, 1.82) is 0 Å². The first-order chi connectivity index (χ1) is 31.7. The Morgan fingerprint density at radius 3 is 1.53 bits per heavy atom. The van der Waals surface area contributed by atoms with Crippen LogP contribution in [0.15, 0.2) is 237 Å². The number of benzene rings is 10. The molecule has 0 saturated carbocycles. The van der Waals surface area contributed by atoms with Crippen molar-refractivity contribution in [3.63, 3.8) is 0 Å². The molecular weight excluding hydrogens is 771 g/mol. The van der Waals surface area contributed by atoms with E-state index in [9.17, 15) is 0 Å². The Morgan fingerprint density at radius 1 is 0.312 bits per heavy atom. The Bertz CT molecular complexity index is 3250. The number of fused-ring (bicyclic) bond motifs is 5. The number of hydrogen-bond donors (Lipinski definition) is 0. The fourth-order valence-electron chi connectivity index (χ4n) is 10.8. The monoisotopic (exact) mass is 817 g/mol. The summed E-state index contributed by atoms with van der Waals surface area (Å²) in [7, 11) is 0. The SMILES string of the molecule is c1ccc(-c2ccc(N(c3ccc(-c4ccc5ccccc5c4)cc3)c3cc4c(cc3-c3ccc5c(c3)CCCC5)-c3ccccc3C4(c3ccccc3)c3ccccc3)cc2)cc1. The van der Waals surface area contributed by atoms with Gasteiger partial charge in [0.1, 0.15) is 0 Å². The lowest BCUT2D eigenvalue weighted by atomic mass is 9.67. The minimum Gasteiger partial charge on any atom is -0.310 e. The van der Waals surface area contributed by atoms with E-state index in [1.807, 2.05) is 0 Å². The molecule has 10 aromatic rings. The molecule has 0 atom stereocenters. The number of hydrogen-bond acceptors (Lipinski definition) is 1. The largest absolute Gasteiger partial charge is 0.310 e. The van der Waals surface area contributed by atoms with E-state index in [1.165, 1.54) is 102 Å². The normalized spacial score (nSPS) is 13.5. The van der Waals surface area contributed by atoms with Crippen LogP contribution >= 0.6 is 0 Å². The zero-order valence-electron chi connectivity index (χ0n) is 35.8. The summed E-state index contributed by atoms with van der Waals surface area (Å²) in [6, 6.07) is 88.3. The Kier molecular flexibility index (Phi) is 9.42. The van der Waals surface area contributed by atoms with Gasteiger partial charge in [0, 0.05) is 16.9 Å². The van der Waals surface area contributed by atoms with Crippen LogP contribution in [0.2, 0.25) is 0 Å². The van der Waals surface area contributed by atoms with E-state index in [4.69, 9.17) is 0 Å². The van der Waals surface area contributed by atoms with E-state index < -0.39 is 5.41 Å². The van der Waals surface area contributed by atoms with Crippen molar-refractivity contribution in [3.05, 3.63) is 270 Å². The molecule has 0 radical (unpaired) electrons. The molecule has 0 amide bonds. The smallest absolute Gasteiger partial charge is 0.0714 e. The molecule has 0 bridgehead atoms. The van der Waals surface area contributed by atoms with Gasteiger partial charge in [0.15, 0.2) is 0 Å². The van der Waals surface area contributed by atoms with Crippen LogP contribution in [-0.4, -0.2) is 0 Å². The topological polar surface area (TPSA) is 3.24 Å². The Hall–Kier alpha value is -7.74. The van der Waals surface area contributed by atoms with Gasteiger partial charge in [-0.1, -0.05) is 194 Å². The van der Waals surface area contributed by atoms with Crippen LogP contribution in [0.5, 0.6) is 0 Å². The van der Waals surface area contributed by atoms with E-state index in [1.54, 1.807) is 0 Å². The van der Waals surface area contributed by atoms with Crippen molar-refractivity contribution in [2.24, 2.45) is 0 Å². The summed E-state index contributed by atoms with van der Waals surface area (Å²) < 4.78 is 0. The van der Waals surface area contributed by atoms with Crippen LogP contribution in [0.1, 0.15) is 46.2 Å². The van der Waals surface area contributed by atoms with Crippen molar-refractivity contribution in [3.8, 4) is 44.5 Å². The van der Waals surface area contributed by atoms with Crippen LogP contribution in [0.25, 0.3) is 55.3 Å². The summed E-state index contributed by atoms with van der Waals surface area (Å²) in [6.45, 7) is 0. The highest BCUT2D eigenvalue weighted by Crippen LogP contribution is 2.59. The highest BCUT2D eigenvalue weighted by Gasteiger charge is 2.47. The first-order valence-electron chi connectivity index (χ1n) is 22.8. The first-order valence-corrected chi connectivity index (χ1v) is 22.8. The average Bonchev–Trinajstić information content (AvgIpc) is 3.67. The van der Waals surface area contributed by atoms with E-state index >= 15 is 0 Å². The molecule has 2 aliphatic carbocycles. The van der Waals surface area contributed by atoms with Gasteiger partial charge in [-0.15, -0.1) is 0 Å². The molecule has 0 saturated heterocycles. The van der Waals surface area contributed by atoms with Gasteiger partial charge in [-0.25, -0.2) is 0 Å². The lowest BCUT2D eigenvalue weighted by Crippen LogP contribution is -2.28. The molecule has 0 aromatic heterocycles. The predicted molar refractivity (Wildman–Crippen MR) is 269 cm³/mol. The van der Waals surface area contributed by atoms with Gasteiger partial charge < -0.3 is 4.90 Å². The fraction of sp³-hybridized carbons (Fsp3) is 0.0794. The molecule has 0 N–H and O–H groups in total. The van der Waals surface area contributed by atoms with E-state index in [2.05, 4.69) is 241 Å². The average molecular weight is 818 g/mol. The Balaban J connectivity index is 1.13. The third kappa shape index (κ3) is 6.39. The van der Waals surface area contributed by atoms with E-state index in [-0.39, 0.29) is 0 Å². The zero-order chi connectivity index (χ0) is 42.5. The minimum absolute atomic E-state index is 0.541. The third-order valence-corrected chi connectivity index (χ3v) is 13.9. The summed E-state index contributed by atoms with van der Waals surface area (Å²) in [5.41, 5.74) is 20.8. The van der Waals surface area contributed by atoms with Gasteiger partial charge in [0.05, 0.1) is 11.1 Å². The molecule has 64 heavy (non-hydrogen) atoms. The highest BCUT2D eigenvalue weighted by molar-refractivity contribution is 5.97. The molecule has 0 heterocycles. The predicted octanol–water partition coefficient (Wildman–Crippen LogP) is 16.6. The number of anilines is 3. The van der Waals surface area contributed by atoms with Crippen LogP contribution in [0.3, 0.4) is 0 Å². The summed E-state index contributed by atoms with van der Waals surface area (Å²) in [5, 5.41) is 2.50. The van der Waals surface area contributed by atoms with Gasteiger partial charge >= 0.3 is 0 Å². The molecule has 12 rings (SSSR count). The first kappa shape index (κ1) is 38.0. The van der Waals surface area contributed by atoms with Crippen molar-refractivity contribution in [2.45, 2.75) is 31.1 Å². The zero-order valence-corrected chi connectivity index (χ0v) is 35.8. The summed E-state index contributed by atoms with van der Waals surface area (Å²) in [4.78, 5) is 2.51. The van der Waals surface area contributed by atoms with Crippen LogP contribution in [0, 0.1) is 0 Å². The number of aryl methyl sites for hydroxylation is 2. The van der Waals surface area contributed by atoms with Crippen molar-refractivity contribution in [1.82, 2.24) is 0 Å². The summed E-state index contributed by atoms with van der Waals surface area (Å²) in [6.07, 6.45) is 4.77. The van der Waals surface area contributed by atoms with Crippen LogP contribution in [0.4, 0.5) is 17.1 Å². The molecule has 304 valence electrons. The molecule has 10 aromatic carbocycles. The molecule has 0 unspecified atom stereocenters. The standard InChI is InChI=1S/C63H47N/c1-4-16-44(17-5-1)47-32-36-55(37-33-47)64(56-38-34-48(35-39-56)51-30-28-45-18-10-12-20-49(45)40-51)62-43-61-59(42-58(62)52-31-29-46-19-11-13-21-50(46)41-52)57-26-14-15-27-60(57)63(61,53-22-6-2-7-23-53)54-24-8-3-9-25-54/h1-10,12,14-18,20,22-43H,11,13,19,21H2. The second kappa shape index (κ2) is 15.9. The molecular formula is C63H47N. The van der Waals surface area contributed by atoms with E-state index in [0.29, 0.717) is 0 Å². The molecule has 0 spiro atoms. The maximum atomic E-state index is 2.55. The van der Waals surface area contributed by atoms with Crippen LogP contribution in [-0.2, 0) is 18.3 Å². The lowest BCUT2D eigenvalue weighted by molar-refractivity contribution is 0.686. The Labute approximate surface area is 376 Å². The second-order valence-electron chi connectivity index (χ2n) is 17.5. The van der Waals surface area contributed by atoms with Crippen molar-refractivity contribution in [2.75, 3.05) is 4.90 Å². The van der Waals surface area contributed by atoms with Gasteiger partial charge in [-0.3, -0.25) is 0 Å².